The molecule has 0 aromatic heterocycles. The van der Waals surface area contributed by atoms with Crippen LogP contribution in [0.4, 0.5) is 5.69 Å². The fourth-order valence-electron chi connectivity index (χ4n) is 2.67. The molecule has 140 valence electrons. The second-order valence-electron chi connectivity index (χ2n) is 6.24. The summed E-state index contributed by atoms with van der Waals surface area (Å²) >= 11 is 4.31. The summed E-state index contributed by atoms with van der Waals surface area (Å²) in [5, 5.41) is 19.7. The van der Waals surface area contributed by atoms with E-state index in [2.05, 4.69) is 12.6 Å². The number of amides is 1. The SMILES string of the molecule is CC(C)=C(C(=O)OCc1ccc([N+](=O)[O-])cc1)N1C(=O)[C@H]([C@@H](C)O)[C@H]1S. The zero-order chi connectivity index (χ0) is 19.6. The molecule has 26 heavy (non-hydrogen) atoms. The van der Waals surface area contributed by atoms with Gasteiger partial charge >= 0.3 is 5.97 Å². The number of nitro benzene ring substituents is 1. The zero-order valence-electron chi connectivity index (χ0n) is 14.6. The van der Waals surface area contributed by atoms with Gasteiger partial charge in [0.1, 0.15) is 12.3 Å². The van der Waals surface area contributed by atoms with Crippen LogP contribution in [0.5, 0.6) is 0 Å². The number of thiol groups is 1. The molecule has 3 atom stereocenters. The van der Waals surface area contributed by atoms with Gasteiger partial charge in [0.15, 0.2) is 0 Å². The number of allylic oxidation sites excluding steroid dienone is 1. The van der Waals surface area contributed by atoms with Crippen molar-refractivity contribution in [2.24, 2.45) is 5.92 Å². The molecule has 2 rings (SSSR count). The minimum absolute atomic E-state index is 0.0571. The number of likely N-dealkylation sites (tertiary alicyclic amines) is 1. The van der Waals surface area contributed by atoms with E-state index in [0.29, 0.717) is 11.1 Å². The van der Waals surface area contributed by atoms with E-state index in [1.54, 1.807) is 13.8 Å². The molecule has 0 aliphatic carbocycles. The summed E-state index contributed by atoms with van der Waals surface area (Å²) in [5.41, 5.74) is 1.19. The number of carbonyl (C=O) groups is 2. The average molecular weight is 380 g/mol. The molecule has 1 aromatic carbocycles. The number of nitro groups is 1. The number of aliphatic hydroxyl groups is 1. The first-order valence-electron chi connectivity index (χ1n) is 7.92. The Balaban J connectivity index is 2.07. The number of carbonyl (C=O) groups excluding carboxylic acids is 2. The molecule has 8 nitrogen and oxygen atoms in total. The van der Waals surface area contributed by atoms with Crippen molar-refractivity contribution in [1.82, 2.24) is 4.90 Å². The maximum absolute atomic E-state index is 12.5. The zero-order valence-corrected chi connectivity index (χ0v) is 15.5. The molecule has 1 N–H and O–H groups in total. The molecular weight excluding hydrogens is 360 g/mol. The van der Waals surface area contributed by atoms with Crippen LogP contribution in [0.1, 0.15) is 26.3 Å². The fourth-order valence-corrected chi connectivity index (χ4v) is 3.28. The van der Waals surface area contributed by atoms with Crippen molar-refractivity contribution in [1.29, 1.82) is 0 Å². The predicted octanol–water partition coefficient (Wildman–Crippen LogP) is 2.03. The number of hydrogen-bond acceptors (Lipinski definition) is 7. The molecule has 1 amide bonds. The van der Waals surface area contributed by atoms with Gasteiger partial charge in [0, 0.05) is 12.1 Å². The number of hydrogen-bond donors (Lipinski definition) is 2. The molecule has 0 bridgehead atoms. The van der Waals surface area contributed by atoms with Crippen LogP contribution in [0, 0.1) is 16.0 Å². The third-order valence-electron chi connectivity index (χ3n) is 4.05. The minimum atomic E-state index is -0.865. The molecule has 0 saturated carbocycles. The lowest BCUT2D eigenvalue weighted by Gasteiger charge is -2.46. The molecule has 1 aliphatic heterocycles. The third-order valence-corrected chi connectivity index (χ3v) is 4.61. The first-order valence-corrected chi connectivity index (χ1v) is 8.44. The number of rotatable bonds is 6. The highest BCUT2D eigenvalue weighted by atomic mass is 32.1. The Kier molecular flexibility index (Phi) is 6.04. The molecule has 1 fully saturated rings. The Hall–Kier alpha value is -2.39. The van der Waals surface area contributed by atoms with Crippen molar-refractivity contribution in [2.45, 2.75) is 38.9 Å². The normalized spacial score (nSPS) is 20.2. The Morgan fingerprint density at radius 3 is 2.38 bits per heavy atom. The number of non-ortho nitro benzene ring substituents is 1. The second-order valence-corrected chi connectivity index (χ2v) is 6.77. The lowest BCUT2D eigenvalue weighted by molar-refractivity contribution is -0.384. The van der Waals surface area contributed by atoms with Gasteiger partial charge in [0.25, 0.3) is 5.69 Å². The Bertz CT molecular complexity index is 755. The third kappa shape index (κ3) is 3.88. The summed E-state index contributed by atoms with van der Waals surface area (Å²) in [4.78, 5) is 36.1. The van der Waals surface area contributed by atoms with E-state index in [0.717, 1.165) is 0 Å². The van der Waals surface area contributed by atoms with Crippen LogP contribution in [0.2, 0.25) is 0 Å². The van der Waals surface area contributed by atoms with Crippen LogP contribution < -0.4 is 0 Å². The monoisotopic (exact) mass is 380 g/mol. The highest BCUT2D eigenvalue weighted by molar-refractivity contribution is 7.81. The summed E-state index contributed by atoms with van der Waals surface area (Å²) in [5.74, 6) is -1.75. The van der Waals surface area contributed by atoms with Crippen LogP contribution in [0.3, 0.4) is 0 Å². The molecule has 1 aromatic rings. The second kappa shape index (κ2) is 7.88. The van der Waals surface area contributed by atoms with E-state index in [1.165, 1.54) is 36.1 Å². The average Bonchev–Trinajstić information content (AvgIpc) is 2.57. The van der Waals surface area contributed by atoms with Crippen molar-refractivity contribution >= 4 is 30.2 Å². The summed E-state index contributed by atoms with van der Waals surface area (Å²) < 4.78 is 5.24. The van der Waals surface area contributed by atoms with Crippen molar-refractivity contribution in [3.05, 3.63) is 51.2 Å². The molecule has 1 aliphatic rings. The van der Waals surface area contributed by atoms with Gasteiger partial charge in [-0.3, -0.25) is 19.8 Å². The number of β-lactam (4-membered cyclic amide) rings is 1. The van der Waals surface area contributed by atoms with E-state index in [-0.39, 0.29) is 23.9 Å². The smallest absolute Gasteiger partial charge is 0.355 e. The van der Waals surface area contributed by atoms with Gasteiger partial charge in [-0.2, -0.15) is 12.6 Å². The first kappa shape index (κ1) is 19.9. The first-order chi connectivity index (χ1) is 12.1. The molecule has 0 radical (unpaired) electrons. The standard InChI is InChI=1S/C17H20N2O6S/c1-9(2)14(18-15(21)13(10(3)20)16(18)26)17(22)25-8-11-4-6-12(7-5-11)19(23)24/h4-7,10,13,16,20,26H,8H2,1-3H3/t10-,13+,16-/m1/s1. The van der Waals surface area contributed by atoms with Crippen LogP contribution in [0.15, 0.2) is 35.5 Å². The van der Waals surface area contributed by atoms with E-state index >= 15 is 0 Å². The maximum atomic E-state index is 12.5. The van der Waals surface area contributed by atoms with Gasteiger partial charge in [-0.25, -0.2) is 4.79 Å². The van der Waals surface area contributed by atoms with Crippen LogP contribution >= 0.6 is 12.6 Å². The van der Waals surface area contributed by atoms with Crippen molar-refractivity contribution in [2.75, 3.05) is 0 Å². The summed E-state index contributed by atoms with van der Waals surface area (Å²) in [6.45, 7) is 4.75. The van der Waals surface area contributed by atoms with Gasteiger partial charge in [-0.1, -0.05) is 0 Å². The Morgan fingerprint density at radius 2 is 1.96 bits per heavy atom. The quantitative estimate of drug-likeness (QED) is 0.195. The highest BCUT2D eigenvalue weighted by Crippen LogP contribution is 2.36. The van der Waals surface area contributed by atoms with Gasteiger partial charge < -0.3 is 9.84 Å². The minimum Gasteiger partial charge on any atom is -0.456 e. The number of ether oxygens (including phenoxy) is 1. The topological polar surface area (TPSA) is 110 Å². The lowest BCUT2D eigenvalue weighted by Crippen LogP contribution is -2.62. The number of esters is 1. The molecule has 0 unspecified atom stereocenters. The van der Waals surface area contributed by atoms with Crippen LogP contribution in [-0.4, -0.2) is 38.3 Å². The van der Waals surface area contributed by atoms with E-state index in [4.69, 9.17) is 4.74 Å². The van der Waals surface area contributed by atoms with E-state index in [9.17, 15) is 24.8 Å². The Morgan fingerprint density at radius 1 is 1.38 bits per heavy atom. The molecular formula is C17H20N2O6S. The van der Waals surface area contributed by atoms with Crippen LogP contribution in [0.25, 0.3) is 0 Å². The van der Waals surface area contributed by atoms with Crippen molar-refractivity contribution in [3.63, 3.8) is 0 Å². The molecule has 1 saturated heterocycles. The van der Waals surface area contributed by atoms with E-state index in [1.807, 2.05) is 0 Å². The maximum Gasteiger partial charge on any atom is 0.355 e. The predicted molar refractivity (Wildman–Crippen MR) is 96.1 cm³/mol. The van der Waals surface area contributed by atoms with E-state index < -0.39 is 28.3 Å². The van der Waals surface area contributed by atoms with Gasteiger partial charge in [-0.05, 0) is 44.0 Å². The summed E-state index contributed by atoms with van der Waals surface area (Å²) in [6.07, 6.45) is -0.865. The van der Waals surface area contributed by atoms with Gasteiger partial charge in [0.2, 0.25) is 5.91 Å². The molecule has 1 heterocycles. The number of nitrogens with zero attached hydrogens (tertiary/aromatic N) is 2. The number of aliphatic hydroxyl groups excluding tert-OH is 1. The van der Waals surface area contributed by atoms with Crippen molar-refractivity contribution in [3.8, 4) is 0 Å². The summed E-state index contributed by atoms with van der Waals surface area (Å²) in [7, 11) is 0. The van der Waals surface area contributed by atoms with Gasteiger partial charge in [-0.15, -0.1) is 0 Å². The lowest BCUT2D eigenvalue weighted by atomic mass is 9.91. The largest absolute Gasteiger partial charge is 0.456 e. The Labute approximate surface area is 156 Å². The molecule has 0 spiro atoms. The number of benzene rings is 1. The van der Waals surface area contributed by atoms with Crippen molar-refractivity contribution < 1.29 is 24.4 Å². The molecule has 9 heteroatoms. The van der Waals surface area contributed by atoms with Crippen LogP contribution in [-0.2, 0) is 20.9 Å². The fraction of sp³-hybridized carbons (Fsp3) is 0.412. The van der Waals surface area contributed by atoms with Gasteiger partial charge in [0.05, 0.1) is 22.3 Å². The highest BCUT2D eigenvalue weighted by Gasteiger charge is 2.51. The summed E-state index contributed by atoms with van der Waals surface area (Å²) in [6, 6.07) is 5.63.